The van der Waals surface area contributed by atoms with Gasteiger partial charge in [-0.05, 0) is 35.4 Å². The van der Waals surface area contributed by atoms with Crippen LogP contribution in [0.2, 0.25) is 0 Å². The van der Waals surface area contributed by atoms with Crippen molar-refractivity contribution in [1.82, 2.24) is 5.32 Å². The van der Waals surface area contributed by atoms with Crippen LogP contribution in [0, 0.1) is 0 Å². The minimum absolute atomic E-state index is 0.0352. The number of Topliss-reactive ketones (excluding diaryl/α,β-unsaturated/α-hetero) is 1. The van der Waals surface area contributed by atoms with Gasteiger partial charge in [-0.3, -0.25) is 14.4 Å². The van der Waals surface area contributed by atoms with Gasteiger partial charge >= 0.3 is 0 Å². The van der Waals surface area contributed by atoms with E-state index in [0.29, 0.717) is 0 Å². The molecule has 3 atom stereocenters. The van der Waals surface area contributed by atoms with E-state index >= 15 is 0 Å². The Balaban J connectivity index is 2.15. The summed E-state index contributed by atoms with van der Waals surface area (Å²) in [6.45, 7) is 6.42. The number of amides is 1. The average molecular weight is 388 g/mol. The number of methoxy groups -OCH3 is 1. The zero-order chi connectivity index (χ0) is 20.1. The number of hydrogen-bond acceptors (Lipinski definition) is 5. The van der Waals surface area contributed by atoms with Crippen LogP contribution < -0.4 is 10.1 Å². The normalized spacial score (nSPS) is 14.3. The maximum absolute atomic E-state index is 12.7. The second kappa shape index (κ2) is 9.04. The Kier molecular flexibility index (Phi) is 7.02. The minimum Gasteiger partial charge on any atom is -0.497 e. The molecule has 2 aromatic carbocycles. The van der Waals surface area contributed by atoms with E-state index in [4.69, 9.17) is 4.74 Å². The van der Waals surface area contributed by atoms with Gasteiger partial charge in [-0.1, -0.05) is 49.9 Å². The second-order valence-electron chi connectivity index (χ2n) is 6.63. The van der Waals surface area contributed by atoms with E-state index in [-0.39, 0.29) is 28.0 Å². The molecule has 0 aliphatic heterocycles. The summed E-state index contributed by atoms with van der Waals surface area (Å²) in [5.74, 6) is 0.0179. The summed E-state index contributed by atoms with van der Waals surface area (Å²) in [5.41, 5.74) is 0.913. The van der Waals surface area contributed by atoms with Gasteiger partial charge in [0.1, 0.15) is 5.75 Å². The van der Waals surface area contributed by atoms with Gasteiger partial charge in [-0.2, -0.15) is 0 Å². The van der Waals surface area contributed by atoms with Crippen LogP contribution in [0.3, 0.4) is 0 Å². The molecule has 0 saturated heterocycles. The fraction of sp³-hybridized carbons (Fsp3) is 0.381. The standard InChI is InChI=1S/C21H25NO4S/c1-12(21(25)27-14(3)20(13(2)23)22-15(4)24)16-6-7-18-11-19(26-5)9-8-17(18)10-16/h6-12,14,20H,1-5H3,(H,22,24). The van der Waals surface area contributed by atoms with E-state index in [9.17, 15) is 14.4 Å². The topological polar surface area (TPSA) is 72.5 Å². The van der Waals surface area contributed by atoms with Crippen LogP contribution >= 0.6 is 11.8 Å². The molecule has 0 aromatic heterocycles. The number of nitrogens with one attached hydrogen (secondary N) is 1. The lowest BCUT2D eigenvalue weighted by atomic mass is 9.98. The van der Waals surface area contributed by atoms with Gasteiger partial charge in [0, 0.05) is 12.2 Å². The van der Waals surface area contributed by atoms with Crippen LogP contribution in [0.4, 0.5) is 0 Å². The van der Waals surface area contributed by atoms with Crippen LogP contribution in [0.5, 0.6) is 5.75 Å². The first kappa shape index (κ1) is 21.0. The Labute approximate surface area is 163 Å². The van der Waals surface area contributed by atoms with Crippen molar-refractivity contribution >= 4 is 39.3 Å². The summed E-state index contributed by atoms with van der Waals surface area (Å²) in [7, 11) is 1.63. The molecule has 0 bridgehead atoms. The van der Waals surface area contributed by atoms with Gasteiger partial charge in [0.25, 0.3) is 0 Å². The highest BCUT2D eigenvalue weighted by Gasteiger charge is 2.27. The highest BCUT2D eigenvalue weighted by atomic mass is 32.2. The lowest BCUT2D eigenvalue weighted by Gasteiger charge is -2.22. The van der Waals surface area contributed by atoms with Crippen molar-refractivity contribution in [1.29, 1.82) is 0 Å². The summed E-state index contributed by atoms with van der Waals surface area (Å²) in [5, 5.41) is 4.32. The lowest BCUT2D eigenvalue weighted by Crippen LogP contribution is -2.45. The van der Waals surface area contributed by atoms with Crippen molar-refractivity contribution in [2.24, 2.45) is 0 Å². The number of ether oxygens (including phenoxy) is 1. The highest BCUT2D eigenvalue weighted by Crippen LogP contribution is 2.29. The van der Waals surface area contributed by atoms with Gasteiger partial charge in [-0.15, -0.1) is 0 Å². The van der Waals surface area contributed by atoms with Crippen molar-refractivity contribution in [3.05, 3.63) is 42.0 Å². The van der Waals surface area contributed by atoms with Gasteiger partial charge < -0.3 is 10.1 Å². The van der Waals surface area contributed by atoms with Gasteiger partial charge in [0.15, 0.2) is 10.9 Å². The van der Waals surface area contributed by atoms with Gasteiger partial charge in [0.2, 0.25) is 5.91 Å². The Hall–Kier alpha value is -2.34. The number of fused-ring (bicyclic) bond motifs is 1. The molecule has 27 heavy (non-hydrogen) atoms. The van der Waals surface area contributed by atoms with Crippen LogP contribution in [-0.2, 0) is 14.4 Å². The third-order valence-corrected chi connectivity index (χ3v) is 5.72. The van der Waals surface area contributed by atoms with E-state index in [0.717, 1.165) is 33.8 Å². The molecule has 0 spiro atoms. The molecular weight excluding hydrogens is 362 g/mol. The van der Waals surface area contributed by atoms with E-state index in [1.165, 1.54) is 13.8 Å². The number of carbonyl (C=O) groups is 3. The van der Waals surface area contributed by atoms with Crippen LogP contribution in [0.15, 0.2) is 36.4 Å². The van der Waals surface area contributed by atoms with Crippen molar-refractivity contribution in [3.63, 3.8) is 0 Å². The summed E-state index contributed by atoms with van der Waals surface area (Å²) < 4.78 is 5.24. The van der Waals surface area contributed by atoms with Crippen molar-refractivity contribution in [2.45, 2.75) is 44.9 Å². The fourth-order valence-electron chi connectivity index (χ4n) is 2.90. The molecule has 0 saturated carbocycles. The number of benzene rings is 2. The fourth-order valence-corrected chi connectivity index (χ4v) is 4.00. The van der Waals surface area contributed by atoms with E-state index in [1.54, 1.807) is 14.0 Å². The zero-order valence-electron chi connectivity index (χ0n) is 16.2. The second-order valence-corrected chi connectivity index (χ2v) is 8.01. The first-order valence-electron chi connectivity index (χ1n) is 8.78. The van der Waals surface area contributed by atoms with Crippen LogP contribution in [0.1, 0.15) is 39.2 Å². The van der Waals surface area contributed by atoms with E-state index < -0.39 is 6.04 Å². The Morgan fingerprint density at radius 3 is 2.22 bits per heavy atom. The first-order valence-corrected chi connectivity index (χ1v) is 9.66. The molecule has 0 radical (unpaired) electrons. The predicted molar refractivity (Wildman–Crippen MR) is 109 cm³/mol. The highest BCUT2D eigenvalue weighted by molar-refractivity contribution is 8.14. The van der Waals surface area contributed by atoms with E-state index in [1.807, 2.05) is 43.3 Å². The summed E-state index contributed by atoms with van der Waals surface area (Å²) >= 11 is 1.10. The molecule has 0 aliphatic rings. The van der Waals surface area contributed by atoms with E-state index in [2.05, 4.69) is 5.32 Å². The van der Waals surface area contributed by atoms with Crippen LogP contribution in [0.25, 0.3) is 10.8 Å². The molecule has 144 valence electrons. The molecule has 2 aromatic rings. The lowest BCUT2D eigenvalue weighted by molar-refractivity contribution is -0.125. The summed E-state index contributed by atoms with van der Waals surface area (Å²) in [4.78, 5) is 35.8. The number of hydrogen-bond donors (Lipinski definition) is 1. The SMILES string of the molecule is COc1ccc2cc(C(C)C(=O)SC(C)C(NC(C)=O)C(C)=O)ccc2c1. The van der Waals surface area contributed by atoms with Crippen molar-refractivity contribution < 1.29 is 19.1 Å². The smallest absolute Gasteiger partial charge is 0.217 e. The molecule has 2 rings (SSSR count). The Bertz CT molecular complexity index is 864. The predicted octanol–water partition coefficient (Wildman–Crippen LogP) is 3.69. The maximum Gasteiger partial charge on any atom is 0.217 e. The van der Waals surface area contributed by atoms with Crippen molar-refractivity contribution in [2.75, 3.05) is 7.11 Å². The number of rotatable bonds is 7. The summed E-state index contributed by atoms with van der Waals surface area (Å²) in [6.07, 6.45) is 0. The molecule has 0 aliphatic carbocycles. The first-order chi connectivity index (χ1) is 12.7. The van der Waals surface area contributed by atoms with Gasteiger partial charge in [0.05, 0.1) is 19.1 Å². The van der Waals surface area contributed by atoms with Crippen molar-refractivity contribution in [3.8, 4) is 5.75 Å². The Morgan fingerprint density at radius 2 is 1.63 bits per heavy atom. The molecule has 6 heteroatoms. The third kappa shape index (κ3) is 5.32. The number of carbonyl (C=O) groups excluding carboxylic acids is 3. The molecule has 0 fully saturated rings. The summed E-state index contributed by atoms with van der Waals surface area (Å²) in [6, 6.07) is 11.0. The molecular formula is C21H25NO4S. The number of ketones is 1. The largest absolute Gasteiger partial charge is 0.497 e. The Morgan fingerprint density at radius 1 is 1.00 bits per heavy atom. The monoisotopic (exact) mass is 387 g/mol. The molecule has 0 heterocycles. The quantitative estimate of drug-likeness (QED) is 0.784. The average Bonchev–Trinajstić information content (AvgIpc) is 2.63. The van der Waals surface area contributed by atoms with Crippen LogP contribution in [-0.4, -0.2) is 35.2 Å². The molecule has 3 unspecified atom stereocenters. The minimum atomic E-state index is -0.673. The third-order valence-electron chi connectivity index (χ3n) is 4.49. The molecule has 1 amide bonds. The maximum atomic E-state index is 12.7. The van der Waals surface area contributed by atoms with Gasteiger partial charge in [-0.25, -0.2) is 0 Å². The molecule has 1 N–H and O–H groups in total. The number of thioether (sulfide) groups is 1. The zero-order valence-corrected chi connectivity index (χ0v) is 17.1. The molecule has 5 nitrogen and oxygen atoms in total.